The highest BCUT2D eigenvalue weighted by Crippen LogP contribution is 2.29. The normalized spacial score (nSPS) is 14.6. The minimum absolute atomic E-state index is 0.338. The van der Waals surface area contributed by atoms with E-state index in [1.807, 2.05) is 0 Å². The van der Waals surface area contributed by atoms with Crippen LogP contribution >= 0.6 is 0 Å². The molecule has 1 aliphatic heterocycles. The van der Waals surface area contributed by atoms with Crippen LogP contribution in [-0.2, 0) is 9.47 Å². The molecule has 0 bridgehead atoms. The molecule has 0 aliphatic carbocycles. The second-order valence-corrected chi connectivity index (χ2v) is 3.53. The fourth-order valence-electron chi connectivity index (χ4n) is 1.72. The topological polar surface area (TPSA) is 36.3 Å². The molecule has 0 radical (unpaired) electrons. The first-order valence-corrected chi connectivity index (χ1v) is 5.10. The van der Waals surface area contributed by atoms with Crippen molar-refractivity contribution < 1.29 is 13.9 Å². The van der Waals surface area contributed by atoms with Crippen LogP contribution in [-0.4, -0.2) is 9.78 Å². The van der Waals surface area contributed by atoms with Crippen molar-refractivity contribution in [2.24, 2.45) is 0 Å². The van der Waals surface area contributed by atoms with Gasteiger partial charge in [0.1, 0.15) is 18.3 Å². The maximum absolute atomic E-state index is 13.3. The maximum atomic E-state index is 13.3. The van der Waals surface area contributed by atoms with E-state index >= 15 is 0 Å². The Morgan fingerprint density at radius 3 is 2.76 bits per heavy atom. The number of nitrogens with zero attached hydrogens (tertiary/aromatic N) is 2. The third kappa shape index (κ3) is 1.75. The predicted octanol–water partition coefficient (Wildman–Crippen LogP) is 2.53. The Balaban J connectivity index is 2.08. The van der Waals surface area contributed by atoms with Crippen LogP contribution in [0.4, 0.5) is 4.39 Å². The molecule has 1 aromatic carbocycles. The summed E-state index contributed by atoms with van der Waals surface area (Å²) in [5.74, 6) is -0.338. The van der Waals surface area contributed by atoms with Gasteiger partial charge < -0.3 is 9.47 Å². The first-order chi connectivity index (χ1) is 8.34. The lowest BCUT2D eigenvalue weighted by molar-refractivity contribution is -0.0248. The van der Waals surface area contributed by atoms with Gasteiger partial charge in [0.25, 0.3) is 6.29 Å². The summed E-state index contributed by atoms with van der Waals surface area (Å²) >= 11 is 0. The molecule has 5 heteroatoms. The summed E-state index contributed by atoms with van der Waals surface area (Å²) in [6.07, 6.45) is 5.68. The van der Waals surface area contributed by atoms with Crippen molar-refractivity contribution in [1.29, 1.82) is 0 Å². The number of rotatable bonds is 2. The summed E-state index contributed by atoms with van der Waals surface area (Å²) in [6, 6.07) is 6.20. The molecule has 0 unspecified atom stereocenters. The summed E-state index contributed by atoms with van der Waals surface area (Å²) in [5, 5.41) is 4.11. The van der Waals surface area contributed by atoms with Gasteiger partial charge in [0, 0.05) is 12.4 Å². The standard InChI is InChI=1S/C12H9FN2O2/c13-9-2-3-11(15-5-1-4-14-15)10(8-9)12-16-6-7-17-12/h1-8,12H. The Morgan fingerprint density at radius 2 is 2.06 bits per heavy atom. The van der Waals surface area contributed by atoms with Gasteiger partial charge in [0.2, 0.25) is 0 Å². The van der Waals surface area contributed by atoms with E-state index in [0.29, 0.717) is 5.56 Å². The third-order valence-electron chi connectivity index (χ3n) is 2.45. The smallest absolute Gasteiger partial charge is 0.268 e. The molecule has 0 atom stereocenters. The lowest BCUT2D eigenvalue weighted by Crippen LogP contribution is -2.06. The molecule has 0 saturated heterocycles. The largest absolute Gasteiger partial charge is 0.455 e. The minimum atomic E-state index is -0.620. The molecule has 0 fully saturated rings. The zero-order valence-electron chi connectivity index (χ0n) is 8.79. The van der Waals surface area contributed by atoms with E-state index in [2.05, 4.69) is 5.10 Å². The van der Waals surface area contributed by atoms with E-state index in [4.69, 9.17) is 9.47 Å². The molecular formula is C12H9FN2O2. The average molecular weight is 232 g/mol. The molecule has 0 spiro atoms. The first-order valence-electron chi connectivity index (χ1n) is 5.10. The van der Waals surface area contributed by atoms with Crippen LogP contribution in [0.2, 0.25) is 0 Å². The van der Waals surface area contributed by atoms with Gasteiger partial charge in [0.15, 0.2) is 0 Å². The van der Waals surface area contributed by atoms with Gasteiger partial charge in [0.05, 0.1) is 11.3 Å². The Morgan fingerprint density at radius 1 is 1.24 bits per heavy atom. The molecule has 1 aromatic heterocycles. The second-order valence-electron chi connectivity index (χ2n) is 3.53. The zero-order chi connectivity index (χ0) is 11.7. The molecule has 1 aliphatic rings. The number of hydrogen-bond donors (Lipinski definition) is 0. The van der Waals surface area contributed by atoms with Crippen molar-refractivity contribution in [2.45, 2.75) is 6.29 Å². The monoisotopic (exact) mass is 232 g/mol. The molecule has 0 amide bonds. The van der Waals surface area contributed by atoms with Gasteiger partial charge in [-0.05, 0) is 24.3 Å². The van der Waals surface area contributed by atoms with E-state index in [9.17, 15) is 4.39 Å². The van der Waals surface area contributed by atoms with Gasteiger partial charge in [-0.25, -0.2) is 9.07 Å². The number of aromatic nitrogens is 2. The Labute approximate surface area is 96.9 Å². The van der Waals surface area contributed by atoms with Crippen molar-refractivity contribution in [3.05, 3.63) is 60.6 Å². The fraction of sp³-hybridized carbons (Fsp3) is 0.0833. The zero-order valence-corrected chi connectivity index (χ0v) is 8.79. The van der Waals surface area contributed by atoms with Crippen molar-refractivity contribution in [3.8, 4) is 5.69 Å². The average Bonchev–Trinajstić information content (AvgIpc) is 3.02. The summed E-state index contributed by atoms with van der Waals surface area (Å²) in [7, 11) is 0. The van der Waals surface area contributed by atoms with Crippen LogP contribution in [0.5, 0.6) is 0 Å². The second kappa shape index (κ2) is 3.93. The number of halogens is 1. The van der Waals surface area contributed by atoms with E-state index in [1.165, 1.54) is 24.7 Å². The number of ether oxygens (including phenoxy) is 2. The quantitative estimate of drug-likeness (QED) is 0.798. The van der Waals surface area contributed by atoms with Crippen molar-refractivity contribution in [2.75, 3.05) is 0 Å². The Kier molecular flexibility index (Phi) is 2.29. The van der Waals surface area contributed by atoms with Gasteiger partial charge in [-0.1, -0.05) is 0 Å². The van der Waals surface area contributed by atoms with Crippen molar-refractivity contribution in [3.63, 3.8) is 0 Å². The molecule has 0 saturated carbocycles. The molecular weight excluding hydrogens is 223 g/mol. The fourth-order valence-corrected chi connectivity index (χ4v) is 1.72. The van der Waals surface area contributed by atoms with Gasteiger partial charge in [-0.2, -0.15) is 5.10 Å². The van der Waals surface area contributed by atoms with Gasteiger partial charge in [-0.3, -0.25) is 0 Å². The Bertz CT molecular complexity index is 544. The highest BCUT2D eigenvalue weighted by atomic mass is 19.1. The highest BCUT2D eigenvalue weighted by molar-refractivity contribution is 5.41. The minimum Gasteiger partial charge on any atom is -0.455 e. The molecule has 0 N–H and O–H groups in total. The molecule has 17 heavy (non-hydrogen) atoms. The first kappa shape index (κ1) is 9.89. The third-order valence-corrected chi connectivity index (χ3v) is 2.45. The van der Waals surface area contributed by atoms with E-state index in [1.54, 1.807) is 29.2 Å². The Hall–Kier alpha value is -2.30. The van der Waals surface area contributed by atoms with Crippen LogP contribution in [0.15, 0.2) is 49.2 Å². The summed E-state index contributed by atoms with van der Waals surface area (Å²) in [4.78, 5) is 0. The molecule has 2 heterocycles. The molecule has 4 nitrogen and oxygen atoms in total. The van der Waals surface area contributed by atoms with Crippen molar-refractivity contribution in [1.82, 2.24) is 9.78 Å². The lowest BCUT2D eigenvalue weighted by Gasteiger charge is -2.15. The highest BCUT2D eigenvalue weighted by Gasteiger charge is 2.21. The SMILES string of the molecule is Fc1ccc(-n2cccn2)c(C2OC=CO2)c1. The van der Waals surface area contributed by atoms with Crippen molar-refractivity contribution >= 4 is 0 Å². The van der Waals surface area contributed by atoms with Crippen LogP contribution in [0, 0.1) is 5.82 Å². The summed E-state index contributed by atoms with van der Waals surface area (Å²) in [6.45, 7) is 0. The van der Waals surface area contributed by atoms with Crippen LogP contribution in [0.25, 0.3) is 5.69 Å². The van der Waals surface area contributed by atoms with E-state index < -0.39 is 6.29 Å². The number of hydrogen-bond acceptors (Lipinski definition) is 3. The molecule has 3 rings (SSSR count). The van der Waals surface area contributed by atoms with Gasteiger partial charge in [-0.15, -0.1) is 0 Å². The van der Waals surface area contributed by atoms with Crippen LogP contribution in [0.1, 0.15) is 11.9 Å². The molecule has 86 valence electrons. The molecule has 2 aromatic rings. The van der Waals surface area contributed by atoms with Crippen LogP contribution < -0.4 is 0 Å². The summed E-state index contributed by atoms with van der Waals surface area (Å²) in [5.41, 5.74) is 1.32. The van der Waals surface area contributed by atoms with Crippen LogP contribution in [0.3, 0.4) is 0 Å². The number of benzene rings is 1. The summed E-state index contributed by atoms with van der Waals surface area (Å²) < 4.78 is 25.4. The van der Waals surface area contributed by atoms with Gasteiger partial charge >= 0.3 is 0 Å². The van der Waals surface area contributed by atoms with E-state index in [-0.39, 0.29) is 5.82 Å². The predicted molar refractivity (Wildman–Crippen MR) is 57.6 cm³/mol. The lowest BCUT2D eigenvalue weighted by atomic mass is 10.1. The van der Waals surface area contributed by atoms with E-state index in [0.717, 1.165) is 5.69 Å². The maximum Gasteiger partial charge on any atom is 0.268 e.